The van der Waals surface area contributed by atoms with Gasteiger partial charge in [-0.2, -0.15) is 0 Å². The summed E-state index contributed by atoms with van der Waals surface area (Å²) < 4.78 is 0. The van der Waals surface area contributed by atoms with E-state index in [0.717, 1.165) is 24.2 Å². The fourth-order valence-corrected chi connectivity index (χ4v) is 1.83. The van der Waals surface area contributed by atoms with Crippen LogP contribution >= 0.6 is 0 Å². The minimum atomic E-state index is 0.0811. The fraction of sp³-hybridized carbons (Fsp3) is 0.364. The molecule has 5 N–H and O–H groups in total. The summed E-state index contributed by atoms with van der Waals surface area (Å²) >= 11 is 0. The largest absolute Gasteiger partial charge is 0.326 e. The van der Waals surface area contributed by atoms with Crippen molar-refractivity contribution in [3.05, 3.63) is 29.3 Å². The normalized spacial score (nSPS) is 13.7. The number of hydrazine groups is 1. The molecule has 16 heavy (non-hydrogen) atoms. The Labute approximate surface area is 94.4 Å². The number of hydrogen-bond acceptors (Lipinski definition) is 4. The van der Waals surface area contributed by atoms with Crippen molar-refractivity contribution < 1.29 is 4.79 Å². The van der Waals surface area contributed by atoms with Crippen LogP contribution < -0.4 is 21.9 Å². The van der Waals surface area contributed by atoms with Gasteiger partial charge in [0.2, 0.25) is 5.91 Å². The van der Waals surface area contributed by atoms with Crippen LogP contribution in [0.2, 0.25) is 0 Å². The van der Waals surface area contributed by atoms with E-state index < -0.39 is 0 Å². The Kier molecular flexibility index (Phi) is 3.51. The van der Waals surface area contributed by atoms with Crippen LogP contribution in [-0.2, 0) is 17.6 Å². The van der Waals surface area contributed by atoms with E-state index in [9.17, 15) is 4.79 Å². The summed E-state index contributed by atoms with van der Waals surface area (Å²) in [5.41, 5.74) is 5.82. The molecule has 0 unspecified atom stereocenters. The zero-order valence-corrected chi connectivity index (χ0v) is 9.05. The minimum Gasteiger partial charge on any atom is -0.326 e. The van der Waals surface area contributed by atoms with E-state index in [4.69, 9.17) is 5.84 Å². The van der Waals surface area contributed by atoms with E-state index >= 15 is 0 Å². The van der Waals surface area contributed by atoms with Crippen LogP contribution in [0.1, 0.15) is 11.1 Å². The quantitative estimate of drug-likeness (QED) is 0.238. The Morgan fingerprint density at radius 3 is 3.12 bits per heavy atom. The lowest BCUT2D eigenvalue weighted by Gasteiger charge is -2.05. The molecule has 0 atom stereocenters. The first-order chi connectivity index (χ1) is 7.79. The van der Waals surface area contributed by atoms with Crippen LogP contribution in [0.15, 0.2) is 18.2 Å². The van der Waals surface area contributed by atoms with E-state index in [0.29, 0.717) is 13.1 Å². The highest BCUT2D eigenvalue weighted by molar-refractivity contribution is 5.99. The number of rotatable bonds is 5. The maximum Gasteiger partial charge on any atom is 0.228 e. The smallest absolute Gasteiger partial charge is 0.228 e. The summed E-state index contributed by atoms with van der Waals surface area (Å²) in [7, 11) is 0. The Morgan fingerprint density at radius 1 is 1.44 bits per heavy atom. The molecule has 1 aliphatic rings. The maximum absolute atomic E-state index is 11.2. The number of nitrogens with one attached hydrogen (secondary N) is 3. The molecule has 0 aliphatic carbocycles. The predicted octanol–water partition coefficient (Wildman–Crippen LogP) is -0.266. The Hall–Kier alpha value is -1.43. The van der Waals surface area contributed by atoms with Crippen LogP contribution in [0.25, 0.3) is 0 Å². The molecular formula is C11H16N4O. The molecule has 1 heterocycles. The maximum atomic E-state index is 11.2. The summed E-state index contributed by atoms with van der Waals surface area (Å²) in [6, 6.07) is 6.10. The van der Waals surface area contributed by atoms with E-state index in [2.05, 4.69) is 22.1 Å². The zero-order valence-electron chi connectivity index (χ0n) is 9.05. The van der Waals surface area contributed by atoms with Crippen molar-refractivity contribution >= 4 is 11.6 Å². The molecule has 0 bridgehead atoms. The van der Waals surface area contributed by atoms with Gasteiger partial charge in [0.15, 0.2) is 0 Å². The number of fused-ring (bicyclic) bond motifs is 1. The third-order valence-corrected chi connectivity index (χ3v) is 2.61. The van der Waals surface area contributed by atoms with Crippen molar-refractivity contribution in [2.45, 2.75) is 12.8 Å². The van der Waals surface area contributed by atoms with E-state index in [1.807, 2.05) is 12.1 Å². The predicted molar refractivity (Wildman–Crippen MR) is 62.7 cm³/mol. The first-order valence-electron chi connectivity index (χ1n) is 5.35. The van der Waals surface area contributed by atoms with Crippen molar-refractivity contribution in [2.75, 3.05) is 18.5 Å². The first-order valence-corrected chi connectivity index (χ1v) is 5.35. The van der Waals surface area contributed by atoms with Crippen LogP contribution in [0.3, 0.4) is 0 Å². The molecule has 1 amide bonds. The minimum absolute atomic E-state index is 0.0811. The van der Waals surface area contributed by atoms with Crippen molar-refractivity contribution in [2.24, 2.45) is 5.84 Å². The molecule has 0 radical (unpaired) electrons. The van der Waals surface area contributed by atoms with Gasteiger partial charge in [0, 0.05) is 12.2 Å². The number of amides is 1. The Balaban J connectivity index is 1.92. The van der Waals surface area contributed by atoms with Gasteiger partial charge in [-0.3, -0.25) is 10.6 Å². The average Bonchev–Trinajstić information content (AvgIpc) is 2.64. The van der Waals surface area contributed by atoms with Gasteiger partial charge in [0.1, 0.15) is 0 Å². The second kappa shape index (κ2) is 5.07. The Morgan fingerprint density at radius 2 is 2.31 bits per heavy atom. The Bertz CT molecular complexity index is 392. The SMILES string of the molecule is NNCNCCc1ccc2c(c1)CC(=O)N2. The second-order valence-electron chi connectivity index (χ2n) is 3.85. The second-order valence-corrected chi connectivity index (χ2v) is 3.85. The lowest BCUT2D eigenvalue weighted by molar-refractivity contribution is -0.115. The summed E-state index contributed by atoms with van der Waals surface area (Å²) in [4.78, 5) is 11.2. The van der Waals surface area contributed by atoms with Crippen molar-refractivity contribution in [3.8, 4) is 0 Å². The topological polar surface area (TPSA) is 79.2 Å². The highest BCUT2D eigenvalue weighted by atomic mass is 16.1. The van der Waals surface area contributed by atoms with Crippen LogP contribution in [0.4, 0.5) is 5.69 Å². The van der Waals surface area contributed by atoms with E-state index in [1.165, 1.54) is 5.56 Å². The number of nitrogens with two attached hydrogens (primary N) is 1. The van der Waals surface area contributed by atoms with Gasteiger partial charge in [0.25, 0.3) is 0 Å². The molecule has 86 valence electrons. The van der Waals surface area contributed by atoms with Gasteiger partial charge in [-0.05, 0) is 23.6 Å². The molecule has 5 heteroatoms. The fourth-order valence-electron chi connectivity index (χ4n) is 1.83. The molecule has 1 aromatic rings. The summed E-state index contributed by atoms with van der Waals surface area (Å²) in [5.74, 6) is 5.22. The molecular weight excluding hydrogens is 204 g/mol. The van der Waals surface area contributed by atoms with Gasteiger partial charge >= 0.3 is 0 Å². The van der Waals surface area contributed by atoms with Crippen LogP contribution in [0, 0.1) is 0 Å². The molecule has 0 fully saturated rings. The monoisotopic (exact) mass is 220 g/mol. The molecule has 0 spiro atoms. The third kappa shape index (κ3) is 2.57. The number of benzene rings is 1. The molecule has 5 nitrogen and oxygen atoms in total. The zero-order chi connectivity index (χ0) is 11.4. The van der Waals surface area contributed by atoms with Gasteiger partial charge in [0.05, 0.1) is 13.1 Å². The number of anilines is 1. The molecule has 1 aliphatic heterocycles. The standard InChI is InChI=1S/C11H16N4O/c12-14-7-13-4-3-8-1-2-10-9(5-8)6-11(16)15-10/h1-2,5,13-14H,3-4,6-7,12H2,(H,15,16). The number of carbonyl (C=O) groups is 1. The highest BCUT2D eigenvalue weighted by Gasteiger charge is 2.16. The van der Waals surface area contributed by atoms with Crippen LogP contribution in [-0.4, -0.2) is 19.1 Å². The molecule has 0 saturated carbocycles. The highest BCUT2D eigenvalue weighted by Crippen LogP contribution is 2.23. The van der Waals surface area contributed by atoms with Gasteiger partial charge in [-0.25, -0.2) is 5.43 Å². The van der Waals surface area contributed by atoms with Crippen LogP contribution in [0.5, 0.6) is 0 Å². The molecule has 0 aromatic heterocycles. The first kappa shape index (κ1) is 11.1. The average molecular weight is 220 g/mol. The van der Waals surface area contributed by atoms with E-state index in [1.54, 1.807) is 0 Å². The van der Waals surface area contributed by atoms with Crippen molar-refractivity contribution in [1.29, 1.82) is 0 Å². The number of carbonyl (C=O) groups excluding carboxylic acids is 1. The lowest BCUT2D eigenvalue weighted by Crippen LogP contribution is -2.34. The van der Waals surface area contributed by atoms with E-state index in [-0.39, 0.29) is 5.91 Å². The third-order valence-electron chi connectivity index (χ3n) is 2.61. The summed E-state index contributed by atoms with van der Waals surface area (Å²) in [5, 5.41) is 5.96. The summed E-state index contributed by atoms with van der Waals surface area (Å²) in [6.07, 6.45) is 1.43. The van der Waals surface area contributed by atoms with Gasteiger partial charge in [-0.15, -0.1) is 0 Å². The molecule has 1 aromatic carbocycles. The summed E-state index contributed by atoms with van der Waals surface area (Å²) in [6.45, 7) is 1.47. The molecule has 0 saturated heterocycles. The lowest BCUT2D eigenvalue weighted by atomic mass is 10.1. The van der Waals surface area contributed by atoms with Crippen molar-refractivity contribution in [1.82, 2.24) is 10.7 Å². The van der Waals surface area contributed by atoms with Gasteiger partial charge < -0.3 is 10.6 Å². The number of hydrogen-bond donors (Lipinski definition) is 4. The molecule has 2 rings (SSSR count). The van der Waals surface area contributed by atoms with Crippen molar-refractivity contribution in [3.63, 3.8) is 0 Å². The van der Waals surface area contributed by atoms with Gasteiger partial charge in [-0.1, -0.05) is 12.1 Å².